The molecule has 188 valence electrons. The van der Waals surface area contributed by atoms with Crippen molar-refractivity contribution in [3.05, 3.63) is 70.3 Å². The van der Waals surface area contributed by atoms with Gasteiger partial charge in [0.2, 0.25) is 0 Å². The molecule has 35 heavy (non-hydrogen) atoms. The van der Waals surface area contributed by atoms with Crippen molar-refractivity contribution in [1.82, 2.24) is 9.80 Å². The van der Waals surface area contributed by atoms with E-state index in [0.717, 1.165) is 29.7 Å². The van der Waals surface area contributed by atoms with Crippen LogP contribution in [0.1, 0.15) is 62.4 Å². The second-order valence-electron chi connectivity index (χ2n) is 10.4. The van der Waals surface area contributed by atoms with Gasteiger partial charge in [0.1, 0.15) is 11.5 Å². The first-order valence-electron chi connectivity index (χ1n) is 12.2. The monoisotopic (exact) mass is 478 g/mol. The van der Waals surface area contributed by atoms with Gasteiger partial charge in [0.05, 0.1) is 24.3 Å². The van der Waals surface area contributed by atoms with Gasteiger partial charge in [-0.15, -0.1) is 0 Å². The lowest BCUT2D eigenvalue weighted by molar-refractivity contribution is -0.139. The molecule has 1 heterocycles. The molecule has 0 bridgehead atoms. The molecule has 1 N–H and O–H groups in total. The minimum atomic E-state index is -0.667. The Kier molecular flexibility index (Phi) is 8.06. The molecule has 6 nitrogen and oxygen atoms in total. The van der Waals surface area contributed by atoms with E-state index >= 15 is 0 Å². The molecule has 2 aromatic rings. The van der Waals surface area contributed by atoms with Crippen LogP contribution in [0.2, 0.25) is 0 Å². The smallest absolute Gasteiger partial charge is 0.295 e. The number of benzene rings is 2. The number of rotatable bonds is 8. The van der Waals surface area contributed by atoms with E-state index in [4.69, 9.17) is 4.74 Å². The van der Waals surface area contributed by atoms with Crippen molar-refractivity contribution in [2.45, 2.75) is 52.0 Å². The molecule has 1 saturated heterocycles. The maximum absolute atomic E-state index is 13.4. The SMILES string of the molecule is CCc1ccc(C2/C(=C(\O)c3cc(C(C)(C)C)ccc3OC)C(=O)C(=O)N2CCCN(C)C)cc1. The number of ether oxygens (including phenoxy) is 1. The summed E-state index contributed by atoms with van der Waals surface area (Å²) in [6.07, 6.45) is 1.60. The number of aliphatic hydroxyl groups excluding tert-OH is 1. The number of amides is 1. The third-order valence-electron chi connectivity index (χ3n) is 6.57. The number of hydrogen-bond acceptors (Lipinski definition) is 5. The van der Waals surface area contributed by atoms with Crippen molar-refractivity contribution in [2.24, 2.45) is 0 Å². The van der Waals surface area contributed by atoms with Gasteiger partial charge in [-0.3, -0.25) is 9.59 Å². The Hall–Kier alpha value is -3.12. The summed E-state index contributed by atoms with van der Waals surface area (Å²) in [5.41, 5.74) is 3.31. The van der Waals surface area contributed by atoms with Gasteiger partial charge in [-0.25, -0.2) is 0 Å². The van der Waals surface area contributed by atoms with Crippen molar-refractivity contribution in [3.8, 4) is 5.75 Å². The number of hydrogen-bond donors (Lipinski definition) is 1. The van der Waals surface area contributed by atoms with Gasteiger partial charge >= 0.3 is 0 Å². The van der Waals surface area contributed by atoms with Crippen molar-refractivity contribution in [3.63, 3.8) is 0 Å². The molecule has 1 aliphatic rings. The second kappa shape index (κ2) is 10.6. The Morgan fingerprint density at radius 2 is 1.74 bits per heavy atom. The van der Waals surface area contributed by atoms with Gasteiger partial charge in [-0.05, 0) is 67.7 Å². The first-order valence-corrected chi connectivity index (χ1v) is 12.2. The standard InChI is InChI=1S/C29H38N2O4/c1-8-19-10-12-20(13-11-19)25-24(27(33)28(34)31(25)17-9-16-30(5)6)26(32)22-18-21(29(2,3)4)14-15-23(22)35-7/h10-15,18,25,32H,8-9,16-17H2,1-7H3/b26-24+. The summed E-state index contributed by atoms with van der Waals surface area (Å²) in [4.78, 5) is 30.2. The largest absolute Gasteiger partial charge is 0.507 e. The summed E-state index contributed by atoms with van der Waals surface area (Å²) in [6.45, 7) is 9.52. The Balaban J connectivity index is 2.19. The predicted molar refractivity (Wildman–Crippen MR) is 140 cm³/mol. The maximum atomic E-state index is 13.4. The van der Waals surface area contributed by atoms with Crippen molar-refractivity contribution >= 4 is 17.4 Å². The number of likely N-dealkylation sites (tertiary alicyclic amines) is 1. The zero-order valence-electron chi connectivity index (χ0n) is 22.0. The number of carbonyl (C=O) groups excluding carboxylic acids is 2. The van der Waals surface area contributed by atoms with Crippen LogP contribution < -0.4 is 4.74 Å². The molecule has 3 rings (SSSR count). The molecule has 2 aromatic carbocycles. The summed E-state index contributed by atoms with van der Waals surface area (Å²) < 4.78 is 5.54. The number of carbonyl (C=O) groups is 2. The van der Waals surface area contributed by atoms with Crippen molar-refractivity contribution in [2.75, 3.05) is 34.3 Å². The highest BCUT2D eigenvalue weighted by atomic mass is 16.5. The van der Waals surface area contributed by atoms with E-state index in [2.05, 4.69) is 27.7 Å². The number of aryl methyl sites for hydroxylation is 1. The molecule has 1 unspecified atom stereocenters. The quantitative estimate of drug-likeness (QED) is 0.331. The number of aliphatic hydroxyl groups is 1. The van der Waals surface area contributed by atoms with Crippen molar-refractivity contribution in [1.29, 1.82) is 0 Å². The highest BCUT2D eigenvalue weighted by Gasteiger charge is 2.46. The predicted octanol–water partition coefficient (Wildman–Crippen LogP) is 4.93. The Morgan fingerprint density at radius 3 is 2.29 bits per heavy atom. The van der Waals surface area contributed by atoms with Crippen LogP contribution in [0.3, 0.4) is 0 Å². The molecule has 0 saturated carbocycles. The average Bonchev–Trinajstić information content (AvgIpc) is 3.07. The molecule has 1 amide bonds. The number of methoxy groups -OCH3 is 1. The molecular weight excluding hydrogens is 440 g/mol. The van der Waals surface area contributed by atoms with Gasteiger partial charge in [0.15, 0.2) is 0 Å². The summed E-state index contributed by atoms with van der Waals surface area (Å²) >= 11 is 0. The minimum absolute atomic E-state index is 0.105. The third-order valence-corrected chi connectivity index (χ3v) is 6.57. The highest BCUT2D eigenvalue weighted by molar-refractivity contribution is 6.46. The fourth-order valence-corrected chi connectivity index (χ4v) is 4.45. The normalized spacial score (nSPS) is 17.9. The van der Waals surface area contributed by atoms with Crippen LogP contribution in [-0.4, -0.2) is 60.9 Å². The lowest BCUT2D eigenvalue weighted by Gasteiger charge is -2.26. The van der Waals surface area contributed by atoms with Crippen LogP contribution in [0.25, 0.3) is 5.76 Å². The molecule has 0 radical (unpaired) electrons. The summed E-state index contributed by atoms with van der Waals surface area (Å²) in [5.74, 6) is -0.999. The van der Waals surface area contributed by atoms with E-state index in [-0.39, 0.29) is 16.7 Å². The Bertz CT molecular complexity index is 1110. The second-order valence-corrected chi connectivity index (χ2v) is 10.4. The maximum Gasteiger partial charge on any atom is 0.295 e. The third kappa shape index (κ3) is 5.59. The Labute approximate surface area is 209 Å². The fourth-order valence-electron chi connectivity index (χ4n) is 4.45. The first-order chi connectivity index (χ1) is 16.5. The summed E-state index contributed by atoms with van der Waals surface area (Å²) in [6, 6.07) is 12.9. The zero-order chi connectivity index (χ0) is 25.9. The number of nitrogens with zero attached hydrogens (tertiary/aromatic N) is 2. The van der Waals surface area contributed by atoms with E-state index in [0.29, 0.717) is 24.3 Å². The molecule has 0 aromatic heterocycles. The van der Waals surface area contributed by atoms with Crippen LogP contribution in [0, 0.1) is 0 Å². The topological polar surface area (TPSA) is 70.1 Å². The first kappa shape index (κ1) is 26.5. The summed E-state index contributed by atoms with van der Waals surface area (Å²) in [5, 5.41) is 11.6. The minimum Gasteiger partial charge on any atom is -0.507 e. The molecule has 1 atom stereocenters. The Morgan fingerprint density at radius 1 is 1.09 bits per heavy atom. The van der Waals surface area contributed by atoms with Gasteiger partial charge in [-0.2, -0.15) is 0 Å². The van der Waals surface area contributed by atoms with Gasteiger partial charge in [0.25, 0.3) is 11.7 Å². The van der Waals surface area contributed by atoms with E-state index in [1.165, 1.54) is 7.11 Å². The van der Waals surface area contributed by atoms with E-state index in [1.54, 1.807) is 11.0 Å². The van der Waals surface area contributed by atoms with Crippen molar-refractivity contribution < 1.29 is 19.4 Å². The molecule has 0 spiro atoms. The van der Waals surface area contributed by atoms with Crippen LogP contribution in [0.5, 0.6) is 5.75 Å². The number of Topliss-reactive ketones (excluding diaryl/α,β-unsaturated/α-hetero) is 1. The molecule has 1 aliphatic heterocycles. The summed E-state index contributed by atoms with van der Waals surface area (Å²) in [7, 11) is 5.48. The van der Waals surface area contributed by atoms with Gasteiger partial charge < -0.3 is 19.6 Å². The fraction of sp³-hybridized carbons (Fsp3) is 0.448. The van der Waals surface area contributed by atoms with Crippen LogP contribution in [0.4, 0.5) is 0 Å². The zero-order valence-corrected chi connectivity index (χ0v) is 22.0. The van der Waals surface area contributed by atoms with E-state index in [1.807, 2.05) is 55.4 Å². The van der Waals surface area contributed by atoms with Crippen LogP contribution in [0.15, 0.2) is 48.0 Å². The van der Waals surface area contributed by atoms with Gasteiger partial charge in [-0.1, -0.05) is 58.0 Å². The van der Waals surface area contributed by atoms with E-state index < -0.39 is 17.7 Å². The van der Waals surface area contributed by atoms with Gasteiger partial charge in [0, 0.05) is 6.54 Å². The lowest BCUT2D eigenvalue weighted by atomic mass is 9.85. The van der Waals surface area contributed by atoms with Crippen LogP contribution >= 0.6 is 0 Å². The van der Waals surface area contributed by atoms with Crippen LogP contribution in [-0.2, 0) is 21.4 Å². The molecule has 0 aliphatic carbocycles. The number of ketones is 1. The molecule has 6 heteroatoms. The molecule has 1 fully saturated rings. The average molecular weight is 479 g/mol. The molecular formula is C29H38N2O4. The van der Waals surface area contributed by atoms with E-state index in [9.17, 15) is 14.7 Å². The highest BCUT2D eigenvalue weighted by Crippen LogP contribution is 2.42. The lowest BCUT2D eigenvalue weighted by Crippen LogP contribution is -2.32.